The molecule has 2 N–H and O–H groups in total. The second-order valence-corrected chi connectivity index (χ2v) is 4.12. The molecule has 0 aliphatic carbocycles. The summed E-state index contributed by atoms with van der Waals surface area (Å²) in [7, 11) is 0. The molecule has 1 aromatic carbocycles. The van der Waals surface area contributed by atoms with Gasteiger partial charge in [-0.05, 0) is 17.7 Å². The molecule has 1 heterocycles. The molecule has 1 aliphatic rings. The Morgan fingerprint density at radius 1 is 1.11 bits per heavy atom. The normalized spacial score (nSPS) is 12.7. The van der Waals surface area contributed by atoms with Crippen molar-refractivity contribution >= 4 is 11.9 Å². The SMILES string of the molecule is O=C(O)CN(CC(=O)O)Cc1ccc2c(c1)OCO2. The Labute approximate surface area is 109 Å². The summed E-state index contributed by atoms with van der Waals surface area (Å²) >= 11 is 0. The van der Waals surface area contributed by atoms with E-state index >= 15 is 0 Å². The van der Waals surface area contributed by atoms with Gasteiger partial charge in [0, 0.05) is 6.54 Å². The fourth-order valence-electron chi connectivity index (χ4n) is 1.85. The second kappa shape index (κ2) is 5.57. The summed E-state index contributed by atoms with van der Waals surface area (Å²) in [5.74, 6) is -0.918. The number of carbonyl (C=O) groups is 2. The minimum Gasteiger partial charge on any atom is -0.480 e. The van der Waals surface area contributed by atoms with Crippen LogP contribution < -0.4 is 9.47 Å². The zero-order valence-electron chi connectivity index (χ0n) is 10.0. The van der Waals surface area contributed by atoms with Gasteiger partial charge in [-0.2, -0.15) is 0 Å². The number of nitrogens with zero attached hydrogens (tertiary/aromatic N) is 1. The van der Waals surface area contributed by atoms with Gasteiger partial charge in [-0.1, -0.05) is 6.07 Å². The first kappa shape index (κ1) is 13.2. The second-order valence-electron chi connectivity index (χ2n) is 4.12. The molecule has 0 saturated carbocycles. The van der Waals surface area contributed by atoms with E-state index < -0.39 is 11.9 Å². The third-order valence-corrected chi connectivity index (χ3v) is 2.56. The highest BCUT2D eigenvalue weighted by molar-refractivity contribution is 5.72. The van der Waals surface area contributed by atoms with Crippen molar-refractivity contribution in [3.63, 3.8) is 0 Å². The molecular formula is C12H13NO6. The van der Waals surface area contributed by atoms with E-state index in [-0.39, 0.29) is 26.4 Å². The number of carboxylic acid groups (broad SMARTS) is 2. The van der Waals surface area contributed by atoms with Crippen LogP contribution in [0.25, 0.3) is 0 Å². The zero-order valence-corrected chi connectivity index (χ0v) is 10.0. The van der Waals surface area contributed by atoms with Gasteiger partial charge in [0.2, 0.25) is 6.79 Å². The Morgan fingerprint density at radius 2 is 1.74 bits per heavy atom. The Morgan fingerprint density at radius 3 is 2.37 bits per heavy atom. The average molecular weight is 267 g/mol. The van der Waals surface area contributed by atoms with Crippen LogP contribution in [0.1, 0.15) is 5.56 Å². The molecule has 1 aliphatic heterocycles. The third kappa shape index (κ3) is 3.59. The molecule has 0 atom stereocenters. The molecule has 7 nitrogen and oxygen atoms in total. The first-order valence-corrected chi connectivity index (χ1v) is 5.59. The van der Waals surface area contributed by atoms with E-state index in [2.05, 4.69) is 0 Å². The number of carboxylic acids is 2. The number of fused-ring (bicyclic) bond motifs is 1. The summed E-state index contributed by atoms with van der Waals surface area (Å²) in [5.41, 5.74) is 0.770. The Bertz CT molecular complexity index is 485. The topological polar surface area (TPSA) is 96.3 Å². The summed E-state index contributed by atoms with van der Waals surface area (Å²) in [5, 5.41) is 17.5. The van der Waals surface area contributed by atoms with Crippen molar-refractivity contribution in [1.82, 2.24) is 4.90 Å². The lowest BCUT2D eigenvalue weighted by Gasteiger charge is -2.18. The maximum atomic E-state index is 10.7. The van der Waals surface area contributed by atoms with Gasteiger partial charge in [0.1, 0.15) is 0 Å². The van der Waals surface area contributed by atoms with Crippen molar-refractivity contribution in [2.45, 2.75) is 6.54 Å². The first-order valence-electron chi connectivity index (χ1n) is 5.59. The molecule has 102 valence electrons. The van der Waals surface area contributed by atoms with E-state index in [4.69, 9.17) is 19.7 Å². The van der Waals surface area contributed by atoms with Crippen LogP contribution in [0.5, 0.6) is 11.5 Å². The van der Waals surface area contributed by atoms with Crippen LogP contribution >= 0.6 is 0 Å². The number of hydrogen-bond donors (Lipinski definition) is 2. The van der Waals surface area contributed by atoms with Gasteiger partial charge < -0.3 is 19.7 Å². The molecule has 0 saturated heterocycles. The predicted molar refractivity (Wildman–Crippen MR) is 63.1 cm³/mol. The molecule has 0 aromatic heterocycles. The molecule has 19 heavy (non-hydrogen) atoms. The van der Waals surface area contributed by atoms with E-state index in [1.807, 2.05) is 0 Å². The van der Waals surface area contributed by atoms with Crippen LogP contribution in [0.2, 0.25) is 0 Å². The van der Waals surface area contributed by atoms with Crippen LogP contribution in [0.4, 0.5) is 0 Å². The summed E-state index contributed by atoms with van der Waals surface area (Å²) < 4.78 is 10.4. The Balaban J connectivity index is 2.07. The van der Waals surface area contributed by atoms with E-state index in [0.717, 1.165) is 5.56 Å². The molecule has 0 bridgehead atoms. The van der Waals surface area contributed by atoms with Gasteiger partial charge in [0.15, 0.2) is 11.5 Å². The van der Waals surface area contributed by atoms with Crippen molar-refractivity contribution in [2.24, 2.45) is 0 Å². The van der Waals surface area contributed by atoms with Crippen molar-refractivity contribution in [1.29, 1.82) is 0 Å². The molecule has 0 unspecified atom stereocenters. The quantitative estimate of drug-likeness (QED) is 0.769. The summed E-state index contributed by atoms with van der Waals surface area (Å²) in [4.78, 5) is 22.7. The molecule has 0 spiro atoms. The summed E-state index contributed by atoms with van der Waals surface area (Å²) in [6.45, 7) is -0.288. The molecule has 0 amide bonds. The predicted octanol–water partition coefficient (Wildman–Crippen LogP) is 0.386. The lowest BCUT2D eigenvalue weighted by atomic mass is 10.2. The van der Waals surface area contributed by atoms with Gasteiger partial charge in [0.25, 0.3) is 0 Å². The first-order chi connectivity index (χ1) is 9.04. The molecule has 0 fully saturated rings. The van der Waals surface area contributed by atoms with Crippen LogP contribution in [0, 0.1) is 0 Å². The third-order valence-electron chi connectivity index (χ3n) is 2.56. The average Bonchev–Trinajstić information content (AvgIpc) is 2.74. The van der Waals surface area contributed by atoms with Gasteiger partial charge in [-0.3, -0.25) is 14.5 Å². The van der Waals surface area contributed by atoms with Crippen molar-refractivity contribution < 1.29 is 29.3 Å². The lowest BCUT2D eigenvalue weighted by molar-refractivity contribution is -0.142. The monoisotopic (exact) mass is 267 g/mol. The number of hydrogen-bond acceptors (Lipinski definition) is 5. The highest BCUT2D eigenvalue weighted by atomic mass is 16.7. The number of ether oxygens (including phenoxy) is 2. The molecule has 1 aromatic rings. The van der Waals surface area contributed by atoms with Gasteiger partial charge in [0.05, 0.1) is 13.1 Å². The van der Waals surface area contributed by atoms with Gasteiger partial charge in [-0.15, -0.1) is 0 Å². The molecule has 0 radical (unpaired) electrons. The smallest absolute Gasteiger partial charge is 0.317 e. The standard InChI is InChI=1S/C12H13NO6/c14-11(15)5-13(6-12(16)17)4-8-1-2-9-10(3-8)19-7-18-9/h1-3H,4-7H2,(H,14,15)(H,16,17). The fraction of sp³-hybridized carbons (Fsp3) is 0.333. The Hall–Kier alpha value is -2.28. The summed E-state index contributed by atoms with van der Waals surface area (Å²) in [6, 6.07) is 5.20. The van der Waals surface area contributed by atoms with E-state index in [1.54, 1.807) is 18.2 Å². The number of rotatable bonds is 6. The van der Waals surface area contributed by atoms with E-state index in [9.17, 15) is 9.59 Å². The molecular weight excluding hydrogens is 254 g/mol. The molecule has 7 heteroatoms. The van der Waals surface area contributed by atoms with Crippen LogP contribution in [-0.4, -0.2) is 46.9 Å². The maximum absolute atomic E-state index is 10.7. The fourth-order valence-corrected chi connectivity index (χ4v) is 1.85. The van der Waals surface area contributed by atoms with Crippen molar-refractivity contribution in [3.8, 4) is 11.5 Å². The Kier molecular flexibility index (Phi) is 3.86. The molecule has 2 rings (SSSR count). The highest BCUT2D eigenvalue weighted by Gasteiger charge is 2.17. The number of benzene rings is 1. The van der Waals surface area contributed by atoms with E-state index in [0.29, 0.717) is 11.5 Å². The summed E-state index contributed by atoms with van der Waals surface area (Å²) in [6.07, 6.45) is 0. The van der Waals surface area contributed by atoms with Crippen LogP contribution in [0.3, 0.4) is 0 Å². The van der Waals surface area contributed by atoms with Crippen LogP contribution in [-0.2, 0) is 16.1 Å². The van der Waals surface area contributed by atoms with Crippen molar-refractivity contribution in [2.75, 3.05) is 19.9 Å². The maximum Gasteiger partial charge on any atom is 0.317 e. The van der Waals surface area contributed by atoms with Gasteiger partial charge in [-0.25, -0.2) is 0 Å². The van der Waals surface area contributed by atoms with Crippen molar-refractivity contribution in [3.05, 3.63) is 23.8 Å². The van der Waals surface area contributed by atoms with Crippen LogP contribution in [0.15, 0.2) is 18.2 Å². The lowest BCUT2D eigenvalue weighted by Crippen LogP contribution is -2.33. The minimum absolute atomic E-state index is 0.159. The van der Waals surface area contributed by atoms with Gasteiger partial charge >= 0.3 is 11.9 Å². The highest BCUT2D eigenvalue weighted by Crippen LogP contribution is 2.32. The number of aliphatic carboxylic acids is 2. The van der Waals surface area contributed by atoms with E-state index in [1.165, 1.54) is 4.90 Å². The zero-order chi connectivity index (χ0) is 13.8. The minimum atomic E-state index is -1.07. The largest absolute Gasteiger partial charge is 0.480 e.